The summed E-state index contributed by atoms with van der Waals surface area (Å²) in [4.78, 5) is 28.1. The number of carbonyl (C=O) groups excluding carboxylic acids is 1. The van der Waals surface area contributed by atoms with Crippen LogP contribution >= 0.6 is 11.6 Å². The van der Waals surface area contributed by atoms with Crippen LogP contribution in [0.4, 0.5) is 16.3 Å². The van der Waals surface area contributed by atoms with Gasteiger partial charge in [0.2, 0.25) is 5.28 Å². The van der Waals surface area contributed by atoms with Crippen LogP contribution in [0.1, 0.15) is 45.6 Å². The normalized spacial score (nSPS) is 19.6. The molecular weight excluding hydrogens is 582 g/mol. The van der Waals surface area contributed by atoms with E-state index in [0.29, 0.717) is 44.1 Å². The molecule has 0 radical (unpaired) electrons. The number of nitrogens with one attached hydrogen (secondary N) is 3. The van der Waals surface area contributed by atoms with Gasteiger partial charge in [0.1, 0.15) is 5.82 Å². The van der Waals surface area contributed by atoms with E-state index < -0.39 is 5.60 Å². The van der Waals surface area contributed by atoms with Crippen molar-refractivity contribution in [3.05, 3.63) is 41.3 Å². The molecule has 2 aromatic heterocycles. The number of hydrogen-bond donors (Lipinski definition) is 4. The molecule has 4 heterocycles. The number of anilines is 2. The molecule has 240 valence electrons. The monoisotopic (exact) mass is 627 g/mol. The van der Waals surface area contributed by atoms with Crippen LogP contribution in [0.25, 0.3) is 11.0 Å². The van der Waals surface area contributed by atoms with E-state index in [1.165, 1.54) is 5.56 Å². The van der Waals surface area contributed by atoms with Crippen LogP contribution in [-0.2, 0) is 10.2 Å². The fraction of sp³-hybridized carbons (Fsp3) is 0.613. The van der Waals surface area contributed by atoms with E-state index in [4.69, 9.17) is 16.3 Å². The molecule has 0 bridgehead atoms. The van der Waals surface area contributed by atoms with Gasteiger partial charge in [-0.2, -0.15) is 15.1 Å². The number of H-pyrrole nitrogens is 1. The van der Waals surface area contributed by atoms with Crippen molar-refractivity contribution in [1.82, 2.24) is 35.3 Å². The number of carbonyl (C=O) groups is 1. The Bertz CT molecular complexity index is 1370. The molecule has 2 aliphatic heterocycles. The molecule has 0 saturated carbocycles. The Kier molecular flexibility index (Phi) is 10.6. The Hall–Kier alpha value is -3.03. The first-order valence-corrected chi connectivity index (χ1v) is 16.0. The first-order valence-electron chi connectivity index (χ1n) is 15.6. The highest BCUT2D eigenvalue weighted by atomic mass is 35.5. The van der Waals surface area contributed by atoms with Gasteiger partial charge in [0.05, 0.1) is 30.4 Å². The molecule has 1 atom stereocenters. The fourth-order valence-corrected chi connectivity index (χ4v) is 6.13. The Morgan fingerprint density at radius 2 is 1.89 bits per heavy atom. The lowest BCUT2D eigenvalue weighted by atomic mass is 9.87. The summed E-state index contributed by atoms with van der Waals surface area (Å²) in [6.45, 7) is 14.8. The van der Waals surface area contributed by atoms with Gasteiger partial charge in [-0.3, -0.25) is 10.00 Å². The minimum absolute atomic E-state index is 0.0642. The molecule has 2 aliphatic rings. The van der Waals surface area contributed by atoms with Crippen LogP contribution in [0.5, 0.6) is 0 Å². The number of ether oxygens (including phenoxy) is 1. The van der Waals surface area contributed by atoms with E-state index in [1.54, 1.807) is 6.20 Å². The van der Waals surface area contributed by atoms with Crippen LogP contribution in [0.15, 0.2) is 30.5 Å². The van der Waals surface area contributed by atoms with Gasteiger partial charge >= 0.3 is 6.03 Å². The summed E-state index contributed by atoms with van der Waals surface area (Å²) in [6.07, 6.45) is 4.07. The summed E-state index contributed by atoms with van der Waals surface area (Å²) in [5.41, 5.74) is 1.73. The lowest BCUT2D eigenvalue weighted by molar-refractivity contribution is 0.0168. The number of β-amino-alcohol motifs (C(OH)–C–C–N with tert-alkyl or cyclic N) is 1. The maximum Gasteiger partial charge on any atom is 0.319 e. The van der Waals surface area contributed by atoms with Gasteiger partial charge in [-0.1, -0.05) is 32.9 Å². The number of nitrogens with zero attached hydrogens (tertiary/aromatic N) is 6. The zero-order valence-corrected chi connectivity index (χ0v) is 26.9. The van der Waals surface area contributed by atoms with Crippen molar-refractivity contribution >= 4 is 40.2 Å². The number of urea groups is 1. The van der Waals surface area contributed by atoms with Gasteiger partial charge in [0.25, 0.3) is 0 Å². The highest BCUT2D eigenvalue weighted by Gasteiger charge is 2.39. The van der Waals surface area contributed by atoms with E-state index in [-0.39, 0.29) is 16.7 Å². The van der Waals surface area contributed by atoms with Gasteiger partial charge in [-0.25, -0.2) is 4.79 Å². The van der Waals surface area contributed by atoms with Crippen molar-refractivity contribution in [2.24, 2.45) is 0 Å². The van der Waals surface area contributed by atoms with Gasteiger partial charge in [-0.15, -0.1) is 0 Å². The van der Waals surface area contributed by atoms with Crippen molar-refractivity contribution in [2.45, 2.75) is 51.0 Å². The predicted molar refractivity (Wildman–Crippen MR) is 174 cm³/mol. The average molecular weight is 628 g/mol. The lowest BCUT2D eigenvalue weighted by Gasteiger charge is -2.33. The molecule has 44 heavy (non-hydrogen) atoms. The predicted octanol–water partition coefficient (Wildman–Crippen LogP) is 3.48. The molecule has 1 unspecified atom stereocenters. The first-order chi connectivity index (χ1) is 21.1. The number of halogens is 1. The van der Waals surface area contributed by atoms with Gasteiger partial charge in [0, 0.05) is 45.0 Å². The Morgan fingerprint density at radius 3 is 2.64 bits per heavy atom. The highest BCUT2D eigenvalue weighted by Crippen LogP contribution is 2.31. The number of fused-ring (bicyclic) bond motifs is 1. The minimum Gasteiger partial charge on any atom is -0.387 e. The summed E-state index contributed by atoms with van der Waals surface area (Å²) < 4.78 is 5.49. The number of amides is 2. The number of benzene rings is 1. The fourth-order valence-electron chi connectivity index (χ4n) is 5.96. The molecule has 1 aromatic carbocycles. The summed E-state index contributed by atoms with van der Waals surface area (Å²) in [5.74, 6) is 0.687. The van der Waals surface area contributed by atoms with E-state index in [2.05, 4.69) is 78.4 Å². The topological polar surface area (TPSA) is 135 Å². The molecule has 3 aromatic rings. The molecule has 4 N–H and O–H groups in total. The quantitative estimate of drug-likeness (QED) is 0.176. The number of rotatable bonds is 12. The Balaban J connectivity index is 1.14. The second-order valence-electron chi connectivity index (χ2n) is 13.0. The van der Waals surface area contributed by atoms with Crippen molar-refractivity contribution in [3.8, 4) is 0 Å². The molecule has 0 aliphatic carbocycles. The molecular formula is C31H46ClN9O3. The van der Waals surface area contributed by atoms with Crippen molar-refractivity contribution < 1.29 is 14.6 Å². The summed E-state index contributed by atoms with van der Waals surface area (Å²) in [5, 5.41) is 25.5. The van der Waals surface area contributed by atoms with Crippen LogP contribution in [0.3, 0.4) is 0 Å². The smallest absolute Gasteiger partial charge is 0.319 e. The Morgan fingerprint density at radius 1 is 1.14 bits per heavy atom. The lowest BCUT2D eigenvalue weighted by Crippen LogP contribution is -2.47. The van der Waals surface area contributed by atoms with Gasteiger partial charge < -0.3 is 30.3 Å². The van der Waals surface area contributed by atoms with Gasteiger partial charge in [-0.05, 0) is 73.6 Å². The third-order valence-electron chi connectivity index (χ3n) is 8.41. The van der Waals surface area contributed by atoms with Crippen molar-refractivity contribution in [3.63, 3.8) is 0 Å². The minimum atomic E-state index is -0.906. The standard InChI is InChI=1S/C31H46ClN9O3/c1-30(2,3)23-6-8-24(9-7-23)35-29(42)33-11-4-12-40(14-5-13-39-16-18-44-19-17-39)21-31(43)10-15-41(22-31)27-25-20-34-38-26(25)36-28(32)37-27/h6-9,20,43H,4-5,10-19,21-22H2,1-3H3,(H2,33,35,42)(H,34,36,37,38). The number of hydrogen-bond acceptors (Lipinski definition) is 9. The highest BCUT2D eigenvalue weighted by molar-refractivity contribution is 6.28. The number of aromatic amines is 1. The number of aliphatic hydroxyl groups is 1. The number of aromatic nitrogens is 4. The van der Waals surface area contributed by atoms with E-state index in [9.17, 15) is 9.90 Å². The zero-order chi connectivity index (χ0) is 31.2. The summed E-state index contributed by atoms with van der Waals surface area (Å²) in [6, 6.07) is 7.77. The second kappa shape index (κ2) is 14.4. The molecule has 12 nitrogen and oxygen atoms in total. The largest absolute Gasteiger partial charge is 0.387 e. The van der Waals surface area contributed by atoms with Crippen LogP contribution in [0, 0.1) is 0 Å². The average Bonchev–Trinajstić information content (AvgIpc) is 3.62. The van der Waals surface area contributed by atoms with Crippen LogP contribution in [-0.4, -0.2) is 119 Å². The van der Waals surface area contributed by atoms with Gasteiger partial charge in [0.15, 0.2) is 5.65 Å². The van der Waals surface area contributed by atoms with Crippen molar-refractivity contribution in [2.75, 3.05) is 82.3 Å². The van der Waals surface area contributed by atoms with E-state index in [1.807, 2.05) is 12.1 Å². The SMILES string of the molecule is CC(C)(C)c1ccc(NC(=O)NCCCN(CCCN2CCOCC2)CC2(O)CCN(c3nc(Cl)nc4[nH]ncc34)C2)cc1. The maximum atomic E-state index is 12.6. The molecule has 0 spiro atoms. The third kappa shape index (κ3) is 8.79. The van der Waals surface area contributed by atoms with E-state index >= 15 is 0 Å². The third-order valence-corrected chi connectivity index (χ3v) is 8.58. The van der Waals surface area contributed by atoms with Crippen LogP contribution in [0.2, 0.25) is 5.28 Å². The number of morpholine rings is 1. The first kappa shape index (κ1) is 32.4. The molecule has 5 rings (SSSR count). The van der Waals surface area contributed by atoms with Crippen molar-refractivity contribution in [1.29, 1.82) is 0 Å². The second-order valence-corrected chi connectivity index (χ2v) is 13.3. The molecule has 2 fully saturated rings. The zero-order valence-electron chi connectivity index (χ0n) is 26.1. The molecule has 13 heteroatoms. The molecule has 2 saturated heterocycles. The maximum absolute atomic E-state index is 12.6. The molecule has 2 amide bonds. The Labute approximate surface area is 264 Å². The van der Waals surface area contributed by atoms with Crippen LogP contribution < -0.4 is 15.5 Å². The summed E-state index contributed by atoms with van der Waals surface area (Å²) >= 11 is 6.18. The summed E-state index contributed by atoms with van der Waals surface area (Å²) in [7, 11) is 0. The van der Waals surface area contributed by atoms with E-state index in [0.717, 1.165) is 69.9 Å².